The van der Waals surface area contributed by atoms with Crippen molar-refractivity contribution >= 4 is 50.2 Å². The van der Waals surface area contributed by atoms with E-state index in [4.69, 9.17) is 11.6 Å². The van der Waals surface area contributed by atoms with Crippen LogP contribution in [-0.4, -0.2) is 9.91 Å². The molecule has 0 aliphatic carbocycles. The molecule has 0 aliphatic rings. The Labute approximate surface area is 123 Å². The second-order valence-corrected chi connectivity index (χ2v) is 5.39. The van der Waals surface area contributed by atoms with Gasteiger partial charge in [-0.3, -0.25) is 10.1 Å². The molecule has 3 rings (SSSR count). The highest BCUT2D eigenvalue weighted by Gasteiger charge is 2.16. The summed E-state index contributed by atoms with van der Waals surface area (Å²) in [5.74, 6) is 0.136. The summed E-state index contributed by atoms with van der Waals surface area (Å²) < 4.78 is 1.16. The predicted molar refractivity (Wildman–Crippen MR) is 81.0 cm³/mol. The van der Waals surface area contributed by atoms with Crippen LogP contribution in [0.3, 0.4) is 0 Å². The average molecular weight is 306 g/mol. The van der Waals surface area contributed by atoms with Gasteiger partial charge in [-0.25, -0.2) is 4.98 Å². The van der Waals surface area contributed by atoms with Gasteiger partial charge in [0.2, 0.25) is 5.82 Å². The Hall–Kier alpha value is -2.18. The van der Waals surface area contributed by atoms with E-state index in [0.717, 1.165) is 15.8 Å². The Balaban J connectivity index is 2.01. The fraction of sp³-hybridized carbons (Fsp3) is 0. The Morgan fingerprint density at radius 2 is 2.10 bits per heavy atom. The van der Waals surface area contributed by atoms with Crippen molar-refractivity contribution in [3.63, 3.8) is 0 Å². The van der Waals surface area contributed by atoms with Crippen LogP contribution in [0.25, 0.3) is 10.1 Å². The van der Waals surface area contributed by atoms with Gasteiger partial charge in [-0.05, 0) is 41.1 Å². The third-order valence-corrected chi connectivity index (χ3v) is 3.86. The van der Waals surface area contributed by atoms with Crippen molar-refractivity contribution in [3.05, 3.63) is 57.0 Å². The van der Waals surface area contributed by atoms with E-state index in [1.165, 1.54) is 12.1 Å². The van der Waals surface area contributed by atoms with Gasteiger partial charge in [-0.15, -0.1) is 11.3 Å². The van der Waals surface area contributed by atoms with Crippen LogP contribution in [0.5, 0.6) is 0 Å². The summed E-state index contributed by atoms with van der Waals surface area (Å²) in [5.41, 5.74) is 0.619. The van der Waals surface area contributed by atoms with Crippen LogP contribution in [0.2, 0.25) is 5.15 Å². The molecule has 0 spiro atoms. The normalized spacial score (nSPS) is 10.7. The number of pyridine rings is 1. The Bertz CT molecular complexity index is 803. The minimum absolute atomic E-state index is 0.111. The maximum absolute atomic E-state index is 11.0. The number of nitrogens with one attached hydrogen (secondary N) is 1. The maximum Gasteiger partial charge on any atom is 0.311 e. The van der Waals surface area contributed by atoms with E-state index in [-0.39, 0.29) is 16.7 Å². The third-order valence-electron chi connectivity index (χ3n) is 2.75. The lowest BCUT2D eigenvalue weighted by molar-refractivity contribution is -0.384. The van der Waals surface area contributed by atoms with Gasteiger partial charge in [0.25, 0.3) is 0 Å². The van der Waals surface area contributed by atoms with E-state index in [9.17, 15) is 10.1 Å². The Morgan fingerprint density at radius 3 is 2.90 bits per heavy atom. The number of halogens is 1. The SMILES string of the molecule is O=[N+]([O-])c1ccc(Cl)nc1Nc1ccc2sccc2c1. The highest BCUT2D eigenvalue weighted by Crippen LogP contribution is 2.29. The molecule has 1 aromatic carbocycles. The first-order valence-electron chi connectivity index (χ1n) is 5.69. The van der Waals surface area contributed by atoms with Crippen molar-refractivity contribution in [1.82, 2.24) is 4.98 Å². The number of rotatable bonds is 3. The van der Waals surface area contributed by atoms with Crippen LogP contribution >= 0.6 is 22.9 Å². The smallest absolute Gasteiger partial charge is 0.311 e. The number of nitrogens with zero attached hydrogens (tertiary/aromatic N) is 2. The molecule has 0 bridgehead atoms. The Kier molecular flexibility index (Phi) is 3.25. The summed E-state index contributed by atoms with van der Waals surface area (Å²) in [5, 5.41) is 17.2. The summed E-state index contributed by atoms with van der Waals surface area (Å²) in [6, 6.07) is 10.4. The molecule has 0 saturated carbocycles. The summed E-state index contributed by atoms with van der Waals surface area (Å²) in [7, 11) is 0. The number of thiophene rings is 1. The van der Waals surface area contributed by atoms with Crippen LogP contribution in [0.1, 0.15) is 0 Å². The zero-order valence-electron chi connectivity index (χ0n) is 10.0. The van der Waals surface area contributed by atoms with Crippen LogP contribution in [-0.2, 0) is 0 Å². The molecule has 0 saturated heterocycles. The van der Waals surface area contributed by atoms with Gasteiger partial charge in [0.05, 0.1) is 4.92 Å². The zero-order chi connectivity index (χ0) is 14.1. The summed E-state index contributed by atoms with van der Waals surface area (Å²) in [6.07, 6.45) is 0. The van der Waals surface area contributed by atoms with E-state index in [1.807, 2.05) is 29.6 Å². The predicted octanol–water partition coefficient (Wildman–Crippen LogP) is 4.60. The largest absolute Gasteiger partial charge is 0.334 e. The quantitative estimate of drug-likeness (QED) is 0.436. The third kappa shape index (κ3) is 2.43. The summed E-state index contributed by atoms with van der Waals surface area (Å²) >= 11 is 7.43. The van der Waals surface area contributed by atoms with Gasteiger partial charge in [-0.2, -0.15) is 0 Å². The number of aromatic nitrogens is 1. The number of hydrogen-bond donors (Lipinski definition) is 1. The van der Waals surface area contributed by atoms with Gasteiger partial charge in [0, 0.05) is 16.5 Å². The average Bonchev–Trinajstić information content (AvgIpc) is 2.85. The van der Waals surface area contributed by atoms with Crippen LogP contribution in [0.15, 0.2) is 41.8 Å². The van der Waals surface area contributed by atoms with Crippen LogP contribution in [0, 0.1) is 10.1 Å². The molecule has 7 heteroatoms. The molecule has 2 heterocycles. The van der Waals surface area contributed by atoms with Crippen LogP contribution < -0.4 is 5.32 Å². The number of benzene rings is 1. The number of anilines is 2. The minimum atomic E-state index is -0.491. The van der Waals surface area contributed by atoms with E-state index in [0.29, 0.717) is 0 Å². The number of nitro groups is 1. The molecule has 0 unspecified atom stereocenters. The van der Waals surface area contributed by atoms with E-state index < -0.39 is 4.92 Å². The molecule has 0 aliphatic heterocycles. The van der Waals surface area contributed by atoms with E-state index in [2.05, 4.69) is 10.3 Å². The first kappa shape index (κ1) is 12.8. The summed E-state index contributed by atoms with van der Waals surface area (Å²) in [4.78, 5) is 14.5. The number of fused-ring (bicyclic) bond motifs is 1. The molecule has 1 N–H and O–H groups in total. The second-order valence-electron chi connectivity index (χ2n) is 4.06. The molecule has 2 aromatic heterocycles. The lowest BCUT2D eigenvalue weighted by atomic mass is 10.2. The minimum Gasteiger partial charge on any atom is -0.334 e. The fourth-order valence-electron chi connectivity index (χ4n) is 1.85. The number of hydrogen-bond acceptors (Lipinski definition) is 5. The van der Waals surface area contributed by atoms with E-state index >= 15 is 0 Å². The maximum atomic E-state index is 11.0. The summed E-state index contributed by atoms with van der Waals surface area (Å²) in [6.45, 7) is 0. The molecule has 100 valence electrons. The zero-order valence-corrected chi connectivity index (χ0v) is 11.6. The van der Waals surface area contributed by atoms with Gasteiger partial charge in [0.15, 0.2) is 0 Å². The first-order valence-corrected chi connectivity index (χ1v) is 6.94. The van der Waals surface area contributed by atoms with E-state index in [1.54, 1.807) is 11.3 Å². The molecular formula is C13H8ClN3O2S. The highest BCUT2D eigenvalue weighted by molar-refractivity contribution is 7.17. The lowest BCUT2D eigenvalue weighted by Gasteiger charge is -2.06. The fourth-order valence-corrected chi connectivity index (χ4v) is 2.77. The van der Waals surface area contributed by atoms with Crippen molar-refractivity contribution in [2.24, 2.45) is 0 Å². The van der Waals surface area contributed by atoms with Crippen molar-refractivity contribution in [3.8, 4) is 0 Å². The van der Waals surface area contributed by atoms with Crippen molar-refractivity contribution in [2.45, 2.75) is 0 Å². The molecule has 0 amide bonds. The molecule has 0 radical (unpaired) electrons. The van der Waals surface area contributed by atoms with Gasteiger partial charge in [-0.1, -0.05) is 11.6 Å². The Morgan fingerprint density at radius 1 is 1.25 bits per heavy atom. The van der Waals surface area contributed by atoms with Crippen molar-refractivity contribution in [1.29, 1.82) is 0 Å². The topological polar surface area (TPSA) is 68.1 Å². The first-order chi connectivity index (χ1) is 9.63. The van der Waals surface area contributed by atoms with Gasteiger partial charge >= 0.3 is 5.69 Å². The standard InChI is InChI=1S/C13H8ClN3O2S/c14-12-4-2-10(17(18)19)13(16-12)15-9-1-3-11-8(7-9)5-6-20-11/h1-7H,(H,15,16). The van der Waals surface area contributed by atoms with Crippen LogP contribution in [0.4, 0.5) is 17.2 Å². The van der Waals surface area contributed by atoms with Gasteiger partial charge < -0.3 is 5.32 Å². The molecule has 0 fully saturated rings. The van der Waals surface area contributed by atoms with Crippen molar-refractivity contribution in [2.75, 3.05) is 5.32 Å². The molecule has 3 aromatic rings. The van der Waals surface area contributed by atoms with Gasteiger partial charge in [0.1, 0.15) is 5.15 Å². The monoisotopic (exact) mass is 305 g/mol. The second kappa shape index (κ2) is 5.07. The van der Waals surface area contributed by atoms with Crippen molar-refractivity contribution < 1.29 is 4.92 Å². The molecule has 5 nitrogen and oxygen atoms in total. The lowest BCUT2D eigenvalue weighted by Crippen LogP contribution is -1.99. The molecular weight excluding hydrogens is 298 g/mol. The highest BCUT2D eigenvalue weighted by atomic mass is 35.5. The molecule has 20 heavy (non-hydrogen) atoms. The molecule has 0 atom stereocenters.